The van der Waals surface area contributed by atoms with E-state index in [0.29, 0.717) is 22.2 Å². The van der Waals surface area contributed by atoms with Gasteiger partial charge in [0, 0.05) is 98.6 Å². The summed E-state index contributed by atoms with van der Waals surface area (Å²) in [5, 5.41) is 0. The summed E-state index contributed by atoms with van der Waals surface area (Å²) >= 11 is 0. The van der Waals surface area contributed by atoms with Crippen LogP contribution in [0, 0.1) is 28.1 Å². The van der Waals surface area contributed by atoms with E-state index in [0.717, 1.165) is 71.4 Å². The van der Waals surface area contributed by atoms with Crippen molar-refractivity contribution in [2.75, 3.05) is 85.0 Å². The highest BCUT2D eigenvalue weighted by Crippen LogP contribution is 2.96. The van der Waals surface area contributed by atoms with Crippen molar-refractivity contribution in [2.45, 2.75) is 81.1 Å². The lowest BCUT2D eigenvalue weighted by molar-refractivity contribution is -0.528. The lowest BCUT2D eigenvalue weighted by Gasteiger charge is -2.82. The number of hydrogen-bond donors (Lipinski definition) is 2. The van der Waals surface area contributed by atoms with Gasteiger partial charge < -0.3 is 19.6 Å². The maximum absolute atomic E-state index is 4.14. The second-order valence-corrected chi connectivity index (χ2v) is 23.6. The van der Waals surface area contributed by atoms with Gasteiger partial charge >= 0.3 is 0 Å². The van der Waals surface area contributed by atoms with Crippen LogP contribution >= 0.6 is 0 Å². The standard InChI is InChI=1S/C73H82N6/c1-9-76(10-2)56-33-25-51(26-34-56)68(52-27-35-57(36-28-52)77(11-3)12-4)64-41-43-66(62-23-19-17-21-60(62)64)74-46-55-45-71-47-72(49-73(55,48-71)70(71)72)50-75-67-44-42-65(61-22-18-20-24-63(61)67)69(53-29-37-58(38-30-53)78(13-5)14-6)54-31-39-59(40-32-54)79(15-7)16-8/h17-44,55,70H,9-16,45-50H2,1-8H3/p+2. The van der Waals surface area contributed by atoms with E-state index in [1.54, 1.807) is 0 Å². The lowest BCUT2D eigenvalue weighted by Crippen LogP contribution is -2.88. The highest BCUT2D eigenvalue weighted by Gasteiger charge is 2.92. The molecule has 6 nitrogen and oxygen atoms in total. The van der Waals surface area contributed by atoms with E-state index >= 15 is 0 Å². The molecule has 0 heterocycles. The van der Waals surface area contributed by atoms with E-state index in [4.69, 9.17) is 0 Å². The smallest absolute Gasteiger partial charge is 0.206 e. The minimum atomic E-state index is 0.400. The first-order valence-corrected chi connectivity index (χ1v) is 30.3. The van der Waals surface area contributed by atoms with Gasteiger partial charge in [-0.25, -0.2) is 9.98 Å². The zero-order chi connectivity index (χ0) is 54.5. The van der Waals surface area contributed by atoms with Crippen molar-refractivity contribution in [3.8, 4) is 0 Å². The Morgan fingerprint density at radius 2 is 0.759 bits per heavy atom. The van der Waals surface area contributed by atoms with E-state index < -0.39 is 0 Å². The third kappa shape index (κ3) is 8.84. The molecular weight excluding hydrogens is 961 g/mol. The Kier molecular flexibility index (Phi) is 14.3. The Labute approximate surface area is 472 Å². The molecule has 5 atom stereocenters. The van der Waals surface area contributed by atoms with Crippen molar-refractivity contribution in [3.05, 3.63) is 214 Å². The van der Waals surface area contributed by atoms with E-state index in [9.17, 15) is 0 Å². The number of hydrogen-bond acceptors (Lipinski definition) is 4. The normalized spacial score (nSPS) is 23.5. The van der Waals surface area contributed by atoms with Gasteiger partial charge in [0.25, 0.3) is 0 Å². The SMILES string of the molecule is CCN(CC)c1ccc(C(=C2C=CC(=[NH+]CC3CC45CC6(C[NH+]=C7C=CC(=C(c8ccc(N(CC)CC)cc8)c8ccc(N(CC)CC)cc8)c8ccccc87)CC3(C4)C65)c3ccccc32)c2ccc(N(CC)CC)cc2)cc1. The van der Waals surface area contributed by atoms with Gasteiger partial charge in [0.2, 0.25) is 11.4 Å². The summed E-state index contributed by atoms with van der Waals surface area (Å²) in [6.45, 7) is 28.0. The maximum Gasteiger partial charge on any atom is 0.206 e. The summed E-state index contributed by atoms with van der Waals surface area (Å²) in [6, 6.07) is 55.4. The molecule has 2 bridgehead atoms. The van der Waals surface area contributed by atoms with Gasteiger partial charge in [-0.05, 0) is 226 Å². The number of fused-ring (bicyclic) bond motifs is 3. The molecule has 0 aliphatic heterocycles. The fourth-order valence-corrected chi connectivity index (χ4v) is 16.8. The Morgan fingerprint density at radius 1 is 0.405 bits per heavy atom. The molecule has 0 radical (unpaired) electrons. The van der Waals surface area contributed by atoms with Crippen molar-refractivity contribution in [1.29, 1.82) is 0 Å². The van der Waals surface area contributed by atoms with Crippen molar-refractivity contribution >= 4 is 56.5 Å². The molecule has 6 aromatic rings. The Morgan fingerprint density at radius 3 is 1.13 bits per heavy atom. The summed E-state index contributed by atoms with van der Waals surface area (Å²) < 4.78 is 0. The average Bonchev–Trinajstić information content (AvgIpc) is 1.59. The van der Waals surface area contributed by atoms with Gasteiger partial charge in [-0.1, -0.05) is 84.9 Å². The van der Waals surface area contributed by atoms with E-state index in [1.807, 2.05) is 0 Å². The molecule has 7 aliphatic rings. The van der Waals surface area contributed by atoms with Crippen LogP contribution in [0.2, 0.25) is 0 Å². The molecular formula is C73H84N6+2. The van der Waals surface area contributed by atoms with Crippen LogP contribution in [-0.4, -0.2) is 76.9 Å². The second kappa shape index (κ2) is 21.5. The summed E-state index contributed by atoms with van der Waals surface area (Å²) in [5.74, 6) is 1.55. The molecule has 2 spiro atoms. The molecule has 5 unspecified atom stereocenters. The Bertz CT molecular complexity index is 3270. The average molecular weight is 1050 g/mol. The summed E-state index contributed by atoms with van der Waals surface area (Å²) in [5.41, 5.74) is 24.4. The van der Waals surface area contributed by atoms with Gasteiger partial charge in [0.15, 0.2) is 0 Å². The molecule has 7 aliphatic carbocycles. The predicted octanol–water partition coefficient (Wildman–Crippen LogP) is 12.4. The van der Waals surface area contributed by atoms with Crippen molar-refractivity contribution in [2.24, 2.45) is 28.1 Å². The minimum absolute atomic E-state index is 0.400. The van der Waals surface area contributed by atoms with Crippen LogP contribution in [0.4, 0.5) is 22.7 Å². The Hall–Kier alpha value is -7.18. The van der Waals surface area contributed by atoms with Crippen LogP contribution in [0.15, 0.2) is 170 Å². The number of rotatable bonds is 20. The monoisotopic (exact) mass is 1040 g/mol. The zero-order valence-corrected chi connectivity index (χ0v) is 48.5. The van der Waals surface area contributed by atoms with E-state index in [-0.39, 0.29) is 0 Å². The number of allylic oxidation sites excluding steroid dienone is 6. The third-order valence-corrected chi connectivity index (χ3v) is 20.0. The lowest BCUT2D eigenvalue weighted by atomic mass is 9.20. The molecule has 5 saturated carbocycles. The van der Waals surface area contributed by atoms with Crippen LogP contribution in [0.1, 0.15) is 126 Å². The molecule has 79 heavy (non-hydrogen) atoms. The van der Waals surface area contributed by atoms with Crippen LogP contribution in [0.25, 0.3) is 22.3 Å². The quantitative estimate of drug-likeness (QED) is 0.0799. The number of nitrogens with zero attached hydrogens (tertiary/aromatic N) is 4. The van der Waals surface area contributed by atoms with Crippen LogP contribution in [-0.2, 0) is 0 Å². The molecule has 0 saturated heterocycles. The fourth-order valence-electron chi connectivity index (χ4n) is 16.8. The van der Waals surface area contributed by atoms with Crippen molar-refractivity contribution < 1.29 is 9.98 Å². The Balaban J connectivity index is 0.808. The molecule has 5 fully saturated rings. The van der Waals surface area contributed by atoms with Gasteiger partial charge in [-0.15, -0.1) is 0 Å². The minimum Gasteiger partial charge on any atom is -0.372 e. The maximum atomic E-state index is 4.14. The van der Waals surface area contributed by atoms with E-state index in [1.165, 1.54) is 127 Å². The summed E-state index contributed by atoms with van der Waals surface area (Å²) in [6.07, 6.45) is 15.1. The van der Waals surface area contributed by atoms with Gasteiger partial charge in [-0.3, -0.25) is 0 Å². The molecule has 6 heteroatoms. The third-order valence-electron chi connectivity index (χ3n) is 20.0. The first-order chi connectivity index (χ1) is 38.7. The van der Waals surface area contributed by atoms with Gasteiger partial charge in [-0.2, -0.15) is 0 Å². The van der Waals surface area contributed by atoms with E-state index in [2.05, 4.69) is 255 Å². The van der Waals surface area contributed by atoms with Crippen LogP contribution in [0.5, 0.6) is 0 Å². The zero-order valence-electron chi connectivity index (χ0n) is 48.5. The fraction of sp³-hybridized carbons (Fsp3) is 0.370. The van der Waals surface area contributed by atoms with Gasteiger partial charge in [0.05, 0.1) is 11.1 Å². The van der Waals surface area contributed by atoms with Gasteiger partial charge in [0.1, 0.15) is 13.1 Å². The van der Waals surface area contributed by atoms with Crippen molar-refractivity contribution in [1.82, 2.24) is 0 Å². The summed E-state index contributed by atoms with van der Waals surface area (Å²) in [7, 11) is 0. The van der Waals surface area contributed by atoms with Crippen LogP contribution < -0.4 is 29.6 Å². The predicted molar refractivity (Wildman–Crippen MR) is 336 cm³/mol. The molecule has 0 amide bonds. The first-order valence-electron chi connectivity index (χ1n) is 30.3. The summed E-state index contributed by atoms with van der Waals surface area (Å²) in [4.78, 5) is 18.0. The van der Waals surface area contributed by atoms with Crippen molar-refractivity contribution in [3.63, 3.8) is 0 Å². The second-order valence-electron chi connectivity index (χ2n) is 23.6. The first kappa shape index (κ1) is 52.5. The number of anilines is 4. The topological polar surface area (TPSA) is 40.9 Å². The number of benzene rings is 6. The largest absolute Gasteiger partial charge is 0.372 e. The molecule has 6 aromatic carbocycles. The molecule has 404 valence electrons. The number of nitrogens with one attached hydrogen (secondary N) is 2. The highest BCUT2D eigenvalue weighted by atomic mass is 15.1. The molecule has 2 N–H and O–H groups in total. The molecule has 13 rings (SSSR count). The molecule has 0 aromatic heterocycles. The van der Waals surface area contributed by atoms with Crippen LogP contribution in [0.3, 0.4) is 0 Å². The highest BCUT2D eigenvalue weighted by molar-refractivity contribution is 6.18.